The van der Waals surface area contributed by atoms with Crippen molar-refractivity contribution in [2.75, 3.05) is 4.72 Å². The lowest BCUT2D eigenvalue weighted by Gasteiger charge is -2.03. The first-order valence-corrected chi connectivity index (χ1v) is 11.6. The summed E-state index contributed by atoms with van der Waals surface area (Å²) >= 11 is 2.80. The van der Waals surface area contributed by atoms with Gasteiger partial charge in [-0.3, -0.25) is 14.4 Å². The zero-order valence-electron chi connectivity index (χ0n) is 14.6. The average molecular weight is 429 g/mol. The molecule has 1 N–H and O–H groups in total. The minimum Gasteiger partial charge on any atom is -0.276 e. The largest absolute Gasteiger partial charge is 0.276 e. The highest BCUT2D eigenvalue weighted by Crippen LogP contribution is 2.30. The molecule has 0 atom stereocenters. The summed E-state index contributed by atoms with van der Waals surface area (Å²) in [5.41, 5.74) is 1.18. The molecule has 0 aliphatic heterocycles. The second-order valence-corrected chi connectivity index (χ2v) is 9.81. The topological polar surface area (TPSA) is 76.9 Å². The molecule has 0 radical (unpaired) electrons. The van der Waals surface area contributed by atoms with Crippen LogP contribution in [0.1, 0.15) is 0 Å². The lowest BCUT2D eigenvalue weighted by atomic mass is 10.3. The Hall–Kier alpha value is -2.62. The van der Waals surface area contributed by atoms with Crippen molar-refractivity contribution >= 4 is 38.8 Å². The Bertz CT molecular complexity index is 1160. The number of thiophene rings is 1. The molecule has 0 spiro atoms. The van der Waals surface area contributed by atoms with Crippen LogP contribution in [0, 0.1) is 0 Å². The summed E-state index contributed by atoms with van der Waals surface area (Å²) in [6, 6.07) is 18.9. The maximum absolute atomic E-state index is 12.7. The highest BCUT2D eigenvalue weighted by molar-refractivity contribution is 7.98. The summed E-state index contributed by atoms with van der Waals surface area (Å²) in [6.45, 7) is 0. The molecule has 6 nitrogen and oxygen atoms in total. The van der Waals surface area contributed by atoms with E-state index in [2.05, 4.69) is 14.8 Å². The molecule has 0 saturated carbocycles. The number of thioether (sulfide) groups is 1. The summed E-state index contributed by atoms with van der Waals surface area (Å²) in [4.78, 5) is 6.18. The van der Waals surface area contributed by atoms with E-state index in [0.29, 0.717) is 11.6 Å². The Morgan fingerprint density at radius 3 is 2.64 bits per heavy atom. The Labute approximate surface area is 171 Å². The number of benzene rings is 1. The van der Waals surface area contributed by atoms with E-state index in [0.717, 1.165) is 15.5 Å². The monoisotopic (exact) mass is 428 g/mol. The average Bonchev–Trinajstić information content (AvgIpc) is 3.38. The molecule has 1 aromatic carbocycles. The van der Waals surface area contributed by atoms with Crippen molar-refractivity contribution in [2.24, 2.45) is 0 Å². The number of hydrogen-bond acceptors (Lipinski definition) is 6. The van der Waals surface area contributed by atoms with E-state index in [1.165, 1.54) is 17.5 Å². The van der Waals surface area contributed by atoms with Crippen molar-refractivity contribution in [3.05, 3.63) is 79.3 Å². The van der Waals surface area contributed by atoms with E-state index in [1.807, 2.05) is 48.5 Å². The van der Waals surface area contributed by atoms with Crippen molar-refractivity contribution in [3.63, 3.8) is 0 Å². The summed E-state index contributed by atoms with van der Waals surface area (Å²) in [5, 5.41) is 4.22. The Balaban J connectivity index is 1.44. The molecular formula is C19H16N4O2S3. The fourth-order valence-corrected chi connectivity index (χ4v) is 5.54. The quantitative estimate of drug-likeness (QED) is 0.437. The molecule has 4 rings (SSSR count). The van der Waals surface area contributed by atoms with Crippen LogP contribution in [0.4, 0.5) is 5.69 Å². The molecule has 0 saturated heterocycles. The first kappa shape index (κ1) is 18.7. The smallest absolute Gasteiger partial charge is 0.271 e. The van der Waals surface area contributed by atoms with Crippen molar-refractivity contribution in [1.82, 2.24) is 14.8 Å². The third-order valence-electron chi connectivity index (χ3n) is 3.76. The molecule has 9 heteroatoms. The van der Waals surface area contributed by atoms with Gasteiger partial charge in [0.05, 0.1) is 34.5 Å². The van der Waals surface area contributed by atoms with Gasteiger partial charge in [-0.1, -0.05) is 24.3 Å². The highest BCUT2D eigenvalue weighted by atomic mass is 32.2. The molecule has 0 aliphatic rings. The van der Waals surface area contributed by atoms with E-state index >= 15 is 0 Å². The van der Waals surface area contributed by atoms with Crippen molar-refractivity contribution in [3.8, 4) is 10.6 Å². The third-order valence-corrected chi connectivity index (χ3v) is 7.74. The van der Waals surface area contributed by atoms with Crippen LogP contribution in [0.5, 0.6) is 0 Å². The number of sulfonamides is 1. The number of nitrogens with zero attached hydrogens (tertiary/aromatic N) is 3. The van der Waals surface area contributed by atoms with Gasteiger partial charge in [-0.25, -0.2) is 8.42 Å². The van der Waals surface area contributed by atoms with Gasteiger partial charge < -0.3 is 0 Å². The Morgan fingerprint density at radius 2 is 1.86 bits per heavy atom. The van der Waals surface area contributed by atoms with E-state index < -0.39 is 10.0 Å². The van der Waals surface area contributed by atoms with Crippen LogP contribution in [0.3, 0.4) is 0 Å². The molecular weight excluding hydrogens is 412 g/mol. The van der Waals surface area contributed by atoms with Gasteiger partial charge in [-0.05, 0) is 36.4 Å². The molecule has 3 aromatic heterocycles. The molecule has 4 aromatic rings. The van der Waals surface area contributed by atoms with Crippen LogP contribution in [-0.2, 0) is 15.9 Å². The second kappa shape index (κ2) is 8.17. The predicted octanol–water partition coefficient (Wildman–Crippen LogP) is 4.56. The van der Waals surface area contributed by atoms with Gasteiger partial charge in [-0.2, -0.15) is 5.10 Å². The molecule has 0 unspecified atom stereocenters. The maximum Gasteiger partial charge on any atom is 0.271 e. The first-order valence-electron chi connectivity index (χ1n) is 8.34. The van der Waals surface area contributed by atoms with Crippen LogP contribution < -0.4 is 4.72 Å². The molecule has 142 valence electrons. The minimum atomic E-state index is -3.67. The molecule has 3 heterocycles. The van der Waals surface area contributed by atoms with E-state index in [4.69, 9.17) is 0 Å². The number of hydrogen-bond donors (Lipinski definition) is 1. The van der Waals surface area contributed by atoms with E-state index in [-0.39, 0.29) is 4.21 Å². The van der Waals surface area contributed by atoms with Crippen LogP contribution in [0.15, 0.2) is 88.4 Å². The first-order chi connectivity index (χ1) is 13.6. The molecule has 0 bridgehead atoms. The van der Waals surface area contributed by atoms with Crippen LogP contribution in [0.25, 0.3) is 10.6 Å². The van der Waals surface area contributed by atoms with Crippen molar-refractivity contribution in [1.29, 1.82) is 0 Å². The zero-order chi connectivity index (χ0) is 19.4. The van der Waals surface area contributed by atoms with Crippen molar-refractivity contribution < 1.29 is 8.42 Å². The van der Waals surface area contributed by atoms with Crippen LogP contribution in [-0.4, -0.2) is 23.2 Å². The summed E-state index contributed by atoms with van der Waals surface area (Å²) < 4.78 is 29.9. The number of aromatic nitrogens is 3. The SMILES string of the molecule is O=S(=O)(Nc1cnn(CSc2ccccc2)c1)c1ccc(-c2ccccn2)s1. The number of nitrogens with one attached hydrogen (secondary N) is 1. The predicted molar refractivity (Wildman–Crippen MR) is 113 cm³/mol. The van der Waals surface area contributed by atoms with Gasteiger partial charge in [0.25, 0.3) is 10.0 Å². The lowest BCUT2D eigenvalue weighted by Crippen LogP contribution is -2.10. The van der Waals surface area contributed by atoms with Crippen LogP contribution >= 0.6 is 23.1 Å². The van der Waals surface area contributed by atoms with E-state index in [1.54, 1.807) is 41.0 Å². The standard InChI is InChI=1S/C19H16N4O2S3/c24-28(25,19-10-9-18(27-19)17-8-4-5-11-20-17)22-15-12-21-23(13-15)14-26-16-6-2-1-3-7-16/h1-13,22H,14H2. The van der Waals surface area contributed by atoms with E-state index in [9.17, 15) is 8.42 Å². The van der Waals surface area contributed by atoms with Gasteiger partial charge in [0.2, 0.25) is 0 Å². The second-order valence-electron chi connectivity index (χ2n) is 5.79. The number of anilines is 1. The van der Waals surface area contributed by atoms with Gasteiger partial charge in [-0.15, -0.1) is 23.1 Å². The van der Waals surface area contributed by atoms with Gasteiger partial charge in [0, 0.05) is 11.1 Å². The van der Waals surface area contributed by atoms with Crippen molar-refractivity contribution in [2.45, 2.75) is 15.0 Å². The molecule has 0 fully saturated rings. The fraction of sp³-hybridized carbons (Fsp3) is 0.0526. The van der Waals surface area contributed by atoms with Gasteiger partial charge in [0.15, 0.2) is 0 Å². The minimum absolute atomic E-state index is 0.236. The lowest BCUT2D eigenvalue weighted by molar-refractivity contribution is 0.603. The molecule has 28 heavy (non-hydrogen) atoms. The zero-order valence-corrected chi connectivity index (χ0v) is 17.0. The number of rotatable bonds is 7. The maximum atomic E-state index is 12.7. The van der Waals surface area contributed by atoms with Gasteiger partial charge >= 0.3 is 0 Å². The third kappa shape index (κ3) is 4.44. The highest BCUT2D eigenvalue weighted by Gasteiger charge is 2.18. The number of pyridine rings is 1. The fourth-order valence-electron chi connectivity index (χ4n) is 2.46. The Kier molecular flexibility index (Phi) is 5.47. The summed E-state index contributed by atoms with van der Waals surface area (Å²) in [7, 11) is -3.67. The Morgan fingerprint density at radius 1 is 1.04 bits per heavy atom. The summed E-state index contributed by atoms with van der Waals surface area (Å²) in [6.07, 6.45) is 4.88. The normalized spacial score (nSPS) is 11.4. The van der Waals surface area contributed by atoms with Crippen LogP contribution in [0.2, 0.25) is 0 Å². The molecule has 0 aliphatic carbocycles. The summed E-state index contributed by atoms with van der Waals surface area (Å²) in [5.74, 6) is 0.592. The van der Waals surface area contributed by atoms with Gasteiger partial charge in [0.1, 0.15) is 4.21 Å². The molecule has 0 amide bonds.